The van der Waals surface area contributed by atoms with Crippen molar-refractivity contribution in [2.45, 2.75) is 58.5 Å². The Morgan fingerprint density at radius 3 is 2.44 bits per heavy atom. The summed E-state index contributed by atoms with van der Waals surface area (Å²) in [5.41, 5.74) is 3.44. The molecule has 3 aromatic heterocycles. The van der Waals surface area contributed by atoms with Gasteiger partial charge in [0.25, 0.3) is 0 Å². The molecule has 9 heteroatoms. The molecular formula is C30H33ClFN7. The fraction of sp³-hybridized carbons (Fsp3) is 0.333. The molecule has 39 heavy (non-hydrogen) atoms. The van der Waals surface area contributed by atoms with Crippen LogP contribution in [0.5, 0.6) is 0 Å². The van der Waals surface area contributed by atoms with Crippen LogP contribution in [0.25, 0.3) is 33.7 Å². The topological polar surface area (TPSA) is 73.5 Å². The van der Waals surface area contributed by atoms with Gasteiger partial charge in [0.15, 0.2) is 5.82 Å². The molecule has 2 aromatic carbocycles. The van der Waals surface area contributed by atoms with Crippen LogP contribution < -0.4 is 5.32 Å². The first-order chi connectivity index (χ1) is 18.8. The van der Waals surface area contributed by atoms with E-state index < -0.39 is 0 Å². The van der Waals surface area contributed by atoms with Crippen molar-refractivity contribution in [3.63, 3.8) is 0 Å². The van der Waals surface area contributed by atoms with E-state index in [-0.39, 0.29) is 11.9 Å². The highest BCUT2D eigenvalue weighted by molar-refractivity contribution is 6.33. The average Bonchev–Trinajstić information content (AvgIpc) is 3.66. The predicted molar refractivity (Wildman–Crippen MR) is 155 cm³/mol. The van der Waals surface area contributed by atoms with Crippen LogP contribution in [0.2, 0.25) is 5.02 Å². The smallest absolute Gasteiger partial charge is 0.223 e. The quantitative estimate of drug-likeness (QED) is 0.246. The molecule has 7 nitrogen and oxygen atoms in total. The number of anilines is 1. The van der Waals surface area contributed by atoms with Crippen molar-refractivity contribution >= 4 is 28.6 Å². The van der Waals surface area contributed by atoms with Gasteiger partial charge in [-0.15, -0.1) is 0 Å². The van der Waals surface area contributed by atoms with Crippen LogP contribution >= 0.6 is 11.6 Å². The van der Waals surface area contributed by atoms with Crippen molar-refractivity contribution in [2.24, 2.45) is 7.05 Å². The monoisotopic (exact) mass is 545 g/mol. The Labute approximate surface area is 233 Å². The number of hydrogen-bond donors (Lipinski definition) is 1. The second-order valence-electron chi connectivity index (χ2n) is 10.2. The van der Waals surface area contributed by atoms with Gasteiger partial charge in [-0.1, -0.05) is 54.8 Å². The van der Waals surface area contributed by atoms with Gasteiger partial charge in [0.1, 0.15) is 17.2 Å². The number of nitrogens with zero attached hydrogens (tertiary/aromatic N) is 6. The van der Waals surface area contributed by atoms with Crippen LogP contribution in [-0.2, 0) is 7.05 Å². The van der Waals surface area contributed by atoms with Gasteiger partial charge in [0, 0.05) is 42.7 Å². The zero-order valence-electron chi connectivity index (χ0n) is 22.7. The second kappa shape index (κ2) is 11.5. The van der Waals surface area contributed by atoms with Gasteiger partial charge in [-0.2, -0.15) is 0 Å². The largest absolute Gasteiger partial charge is 0.351 e. The molecule has 1 aliphatic rings. The molecule has 1 fully saturated rings. The lowest BCUT2D eigenvalue weighted by atomic mass is 10.1. The van der Waals surface area contributed by atoms with Crippen LogP contribution in [0.1, 0.15) is 51.4 Å². The number of rotatable bonds is 5. The molecule has 1 N–H and O–H groups in total. The van der Waals surface area contributed by atoms with E-state index in [1.807, 2.05) is 59.8 Å². The average molecular weight is 546 g/mol. The van der Waals surface area contributed by atoms with Gasteiger partial charge in [-0.25, -0.2) is 24.3 Å². The van der Waals surface area contributed by atoms with Crippen molar-refractivity contribution in [1.29, 1.82) is 0 Å². The van der Waals surface area contributed by atoms with E-state index in [9.17, 15) is 4.39 Å². The Morgan fingerprint density at radius 1 is 1.03 bits per heavy atom. The predicted octanol–water partition coefficient (Wildman–Crippen LogP) is 7.62. The maximum Gasteiger partial charge on any atom is 0.223 e. The molecule has 5 aromatic rings. The summed E-state index contributed by atoms with van der Waals surface area (Å²) in [6.07, 6.45) is 10.0. The molecule has 3 heterocycles. The minimum atomic E-state index is -0.370. The highest BCUT2D eigenvalue weighted by atomic mass is 35.5. The van der Waals surface area contributed by atoms with Crippen LogP contribution in [0.4, 0.5) is 10.3 Å². The van der Waals surface area contributed by atoms with E-state index in [4.69, 9.17) is 11.6 Å². The lowest BCUT2D eigenvalue weighted by Crippen LogP contribution is -2.16. The van der Waals surface area contributed by atoms with Crippen molar-refractivity contribution in [3.05, 3.63) is 77.7 Å². The normalized spacial score (nSPS) is 13.6. The Morgan fingerprint density at radius 2 is 1.77 bits per heavy atom. The second-order valence-corrected chi connectivity index (χ2v) is 10.6. The van der Waals surface area contributed by atoms with E-state index in [1.54, 1.807) is 6.20 Å². The van der Waals surface area contributed by atoms with Crippen LogP contribution in [-0.4, -0.2) is 35.1 Å². The SMILES string of the molecule is Cc1nc2c(F)cc(-c3nc(NC4CCCC4)ncc3Cl)cc2n1C(C)C.Cn1ccnc1-c1ccccc1. The van der Waals surface area contributed by atoms with Crippen molar-refractivity contribution in [3.8, 4) is 22.6 Å². The molecule has 0 amide bonds. The Balaban J connectivity index is 0.000000214. The first kappa shape index (κ1) is 26.8. The number of hydrogen-bond acceptors (Lipinski definition) is 5. The zero-order chi connectivity index (χ0) is 27.5. The Kier molecular flexibility index (Phi) is 7.93. The summed E-state index contributed by atoms with van der Waals surface area (Å²) in [5.74, 6) is 1.96. The summed E-state index contributed by atoms with van der Waals surface area (Å²) in [5, 5.41) is 3.77. The summed E-state index contributed by atoms with van der Waals surface area (Å²) in [6.45, 7) is 6.00. The van der Waals surface area contributed by atoms with E-state index >= 15 is 0 Å². The molecule has 0 unspecified atom stereocenters. The number of nitrogens with one attached hydrogen (secondary N) is 1. The van der Waals surface area contributed by atoms with E-state index in [2.05, 4.69) is 51.2 Å². The maximum absolute atomic E-state index is 14.8. The molecule has 0 saturated heterocycles. The molecular weight excluding hydrogens is 513 g/mol. The summed E-state index contributed by atoms with van der Waals surface area (Å²) >= 11 is 6.36. The van der Waals surface area contributed by atoms with E-state index in [0.29, 0.717) is 33.8 Å². The summed E-state index contributed by atoms with van der Waals surface area (Å²) in [4.78, 5) is 17.5. The standard InChI is InChI=1S/C20H23ClFN5.C10H10N2/c1-11(2)27-12(3)24-19-16(22)8-13(9-17(19)27)18-15(21)10-23-20(26-18)25-14-6-4-5-7-14;1-12-8-7-11-10(12)9-5-3-2-4-6-9/h8-11,14H,4-7H2,1-3H3,(H,23,25,26);2-8H,1H3. The van der Waals surface area contributed by atoms with E-state index in [0.717, 1.165) is 35.6 Å². The Bertz CT molecular complexity index is 1570. The fourth-order valence-electron chi connectivity index (χ4n) is 5.18. The lowest BCUT2D eigenvalue weighted by molar-refractivity contribution is 0.600. The molecule has 1 aliphatic carbocycles. The number of imidazole rings is 2. The first-order valence-corrected chi connectivity index (χ1v) is 13.7. The highest BCUT2D eigenvalue weighted by Crippen LogP contribution is 2.32. The molecule has 0 radical (unpaired) electrons. The highest BCUT2D eigenvalue weighted by Gasteiger charge is 2.19. The van der Waals surface area contributed by atoms with Gasteiger partial charge in [-0.05, 0) is 45.7 Å². The molecule has 0 atom stereocenters. The third-order valence-electron chi connectivity index (χ3n) is 7.00. The van der Waals surface area contributed by atoms with Gasteiger partial charge in [0.05, 0.1) is 22.4 Å². The van der Waals surface area contributed by atoms with Gasteiger partial charge < -0.3 is 14.5 Å². The van der Waals surface area contributed by atoms with Crippen molar-refractivity contribution in [2.75, 3.05) is 5.32 Å². The summed E-state index contributed by atoms with van der Waals surface area (Å²) in [7, 11) is 2.00. The third-order valence-corrected chi connectivity index (χ3v) is 7.28. The molecule has 0 aliphatic heterocycles. The zero-order valence-corrected chi connectivity index (χ0v) is 23.5. The van der Waals surface area contributed by atoms with E-state index in [1.165, 1.54) is 18.9 Å². The minimum Gasteiger partial charge on any atom is -0.351 e. The van der Waals surface area contributed by atoms with Gasteiger partial charge in [0.2, 0.25) is 5.95 Å². The number of benzene rings is 2. The third kappa shape index (κ3) is 5.81. The van der Waals surface area contributed by atoms with Crippen molar-refractivity contribution < 1.29 is 4.39 Å². The van der Waals surface area contributed by atoms with Crippen LogP contribution in [0, 0.1) is 12.7 Å². The van der Waals surface area contributed by atoms with Gasteiger partial charge in [-0.3, -0.25) is 0 Å². The molecule has 0 bridgehead atoms. The lowest BCUT2D eigenvalue weighted by Gasteiger charge is -2.14. The van der Waals surface area contributed by atoms with Crippen LogP contribution in [0.15, 0.2) is 61.1 Å². The van der Waals surface area contributed by atoms with Crippen molar-refractivity contribution in [1.82, 2.24) is 29.1 Å². The minimum absolute atomic E-state index is 0.171. The summed E-state index contributed by atoms with van der Waals surface area (Å²) < 4.78 is 18.8. The number of fused-ring (bicyclic) bond motifs is 1. The number of halogens is 2. The molecule has 1 saturated carbocycles. The first-order valence-electron chi connectivity index (χ1n) is 13.3. The maximum atomic E-state index is 14.8. The van der Waals surface area contributed by atoms with Crippen LogP contribution in [0.3, 0.4) is 0 Å². The molecule has 6 rings (SSSR count). The fourth-order valence-corrected chi connectivity index (χ4v) is 5.38. The number of aromatic nitrogens is 6. The molecule has 202 valence electrons. The Hall–Kier alpha value is -3.78. The van der Waals surface area contributed by atoms with Gasteiger partial charge >= 0.3 is 0 Å². The molecule has 0 spiro atoms. The summed E-state index contributed by atoms with van der Waals surface area (Å²) in [6, 6.07) is 14.1. The number of aryl methyl sites for hydroxylation is 2.